The van der Waals surface area contributed by atoms with Crippen LogP contribution >= 0.6 is 0 Å². The zero-order valence-corrected chi connectivity index (χ0v) is 13.7. The van der Waals surface area contributed by atoms with Gasteiger partial charge in [0.05, 0.1) is 0 Å². The fourth-order valence-electron chi connectivity index (χ4n) is 2.78. The Kier molecular flexibility index (Phi) is 4.55. The largest absolute Gasteiger partial charge is 0.341 e. The van der Waals surface area contributed by atoms with Crippen molar-refractivity contribution in [3.63, 3.8) is 0 Å². The number of carbonyl (C=O) groups excluding carboxylic acids is 1. The average molecular weight is 310 g/mol. The molecule has 23 heavy (non-hydrogen) atoms. The van der Waals surface area contributed by atoms with Crippen molar-refractivity contribution in [3.8, 4) is 0 Å². The summed E-state index contributed by atoms with van der Waals surface area (Å²) in [7, 11) is 0. The van der Waals surface area contributed by atoms with Crippen LogP contribution in [0.3, 0.4) is 0 Å². The quantitative estimate of drug-likeness (QED) is 0.944. The minimum absolute atomic E-state index is 0.195. The first-order chi connectivity index (χ1) is 11.1. The highest BCUT2D eigenvalue weighted by Gasteiger charge is 2.16. The van der Waals surface area contributed by atoms with E-state index in [-0.39, 0.29) is 5.91 Å². The van der Waals surface area contributed by atoms with Crippen molar-refractivity contribution in [2.45, 2.75) is 33.1 Å². The summed E-state index contributed by atoms with van der Waals surface area (Å²) < 4.78 is 0. The van der Waals surface area contributed by atoms with Gasteiger partial charge in [0.1, 0.15) is 5.69 Å². The number of rotatable bonds is 3. The van der Waals surface area contributed by atoms with Crippen LogP contribution in [0.2, 0.25) is 0 Å². The maximum atomic E-state index is 12.5. The molecule has 5 heteroatoms. The number of hydrogen-bond donors (Lipinski definition) is 1. The van der Waals surface area contributed by atoms with Crippen molar-refractivity contribution in [3.05, 3.63) is 47.3 Å². The summed E-state index contributed by atoms with van der Waals surface area (Å²) in [6, 6.07) is 7.67. The number of carbonyl (C=O) groups is 1. The molecule has 3 rings (SSSR count). The SMILES string of the molecule is Cc1ccc(C)c(NC(=O)c2ccnc(N3CCCCC3)n2)c1. The van der Waals surface area contributed by atoms with Crippen LogP contribution in [0.1, 0.15) is 40.9 Å². The highest BCUT2D eigenvalue weighted by molar-refractivity contribution is 6.03. The molecule has 1 aromatic heterocycles. The van der Waals surface area contributed by atoms with Crippen molar-refractivity contribution in [1.29, 1.82) is 0 Å². The van der Waals surface area contributed by atoms with Gasteiger partial charge in [-0.1, -0.05) is 12.1 Å². The number of benzene rings is 1. The van der Waals surface area contributed by atoms with E-state index in [0.29, 0.717) is 11.6 Å². The molecule has 0 radical (unpaired) electrons. The zero-order chi connectivity index (χ0) is 16.2. The van der Waals surface area contributed by atoms with E-state index < -0.39 is 0 Å². The Morgan fingerprint density at radius 3 is 2.70 bits per heavy atom. The summed E-state index contributed by atoms with van der Waals surface area (Å²) in [5.41, 5.74) is 3.38. The predicted molar refractivity (Wildman–Crippen MR) is 92.0 cm³/mol. The summed E-state index contributed by atoms with van der Waals surface area (Å²) in [6.45, 7) is 5.91. The van der Waals surface area contributed by atoms with Crippen molar-refractivity contribution >= 4 is 17.5 Å². The Bertz CT molecular complexity index is 708. The van der Waals surface area contributed by atoms with E-state index in [1.54, 1.807) is 12.3 Å². The van der Waals surface area contributed by atoms with Crippen LogP contribution in [0.15, 0.2) is 30.5 Å². The van der Waals surface area contributed by atoms with E-state index >= 15 is 0 Å². The lowest BCUT2D eigenvalue weighted by Gasteiger charge is -2.26. The first-order valence-corrected chi connectivity index (χ1v) is 8.10. The van der Waals surface area contributed by atoms with Gasteiger partial charge >= 0.3 is 0 Å². The second-order valence-electron chi connectivity index (χ2n) is 6.06. The molecule has 5 nitrogen and oxygen atoms in total. The fourth-order valence-corrected chi connectivity index (χ4v) is 2.78. The Labute approximate surface area is 136 Å². The Hall–Kier alpha value is -2.43. The average Bonchev–Trinajstić information content (AvgIpc) is 2.59. The van der Waals surface area contributed by atoms with Gasteiger partial charge in [0, 0.05) is 25.0 Å². The molecule has 1 N–H and O–H groups in total. The fraction of sp³-hybridized carbons (Fsp3) is 0.389. The van der Waals surface area contributed by atoms with Crippen molar-refractivity contribution in [1.82, 2.24) is 9.97 Å². The Morgan fingerprint density at radius 2 is 1.91 bits per heavy atom. The van der Waals surface area contributed by atoms with Crippen LogP contribution in [0.4, 0.5) is 11.6 Å². The van der Waals surface area contributed by atoms with Gasteiger partial charge in [-0.3, -0.25) is 4.79 Å². The van der Waals surface area contributed by atoms with Gasteiger partial charge in [-0.15, -0.1) is 0 Å². The maximum Gasteiger partial charge on any atom is 0.274 e. The minimum atomic E-state index is -0.195. The molecule has 0 saturated carbocycles. The lowest BCUT2D eigenvalue weighted by atomic mass is 10.1. The number of nitrogens with zero attached hydrogens (tertiary/aromatic N) is 3. The van der Waals surface area contributed by atoms with E-state index in [9.17, 15) is 4.79 Å². The smallest absolute Gasteiger partial charge is 0.274 e. The number of aryl methyl sites for hydroxylation is 2. The molecule has 120 valence electrons. The number of piperidine rings is 1. The van der Waals surface area contributed by atoms with Gasteiger partial charge in [-0.25, -0.2) is 9.97 Å². The third kappa shape index (κ3) is 3.67. The van der Waals surface area contributed by atoms with E-state index in [1.807, 2.05) is 32.0 Å². The Morgan fingerprint density at radius 1 is 1.13 bits per heavy atom. The molecule has 1 saturated heterocycles. The molecule has 0 spiro atoms. The first kappa shape index (κ1) is 15.5. The van der Waals surface area contributed by atoms with Crippen molar-refractivity contribution in [2.75, 3.05) is 23.3 Å². The van der Waals surface area contributed by atoms with E-state index in [0.717, 1.165) is 42.7 Å². The van der Waals surface area contributed by atoms with Crippen molar-refractivity contribution < 1.29 is 4.79 Å². The summed E-state index contributed by atoms with van der Waals surface area (Å²) in [4.78, 5) is 23.4. The number of nitrogens with one attached hydrogen (secondary N) is 1. The van der Waals surface area contributed by atoms with Crippen LogP contribution in [0.25, 0.3) is 0 Å². The third-order valence-corrected chi connectivity index (χ3v) is 4.16. The van der Waals surface area contributed by atoms with Crippen LogP contribution in [-0.4, -0.2) is 29.0 Å². The third-order valence-electron chi connectivity index (χ3n) is 4.16. The highest BCUT2D eigenvalue weighted by atomic mass is 16.1. The van der Waals surface area contributed by atoms with E-state index in [2.05, 4.69) is 20.2 Å². The van der Waals surface area contributed by atoms with Crippen LogP contribution < -0.4 is 10.2 Å². The summed E-state index contributed by atoms with van der Waals surface area (Å²) >= 11 is 0. The van der Waals surface area contributed by atoms with Gasteiger partial charge in [-0.05, 0) is 56.4 Å². The van der Waals surface area contributed by atoms with Gasteiger partial charge < -0.3 is 10.2 Å². The summed E-state index contributed by atoms with van der Waals surface area (Å²) in [6.07, 6.45) is 5.23. The topological polar surface area (TPSA) is 58.1 Å². The van der Waals surface area contributed by atoms with Crippen molar-refractivity contribution in [2.24, 2.45) is 0 Å². The molecule has 1 aliphatic heterocycles. The number of anilines is 2. The minimum Gasteiger partial charge on any atom is -0.341 e. The molecule has 0 atom stereocenters. The summed E-state index contributed by atoms with van der Waals surface area (Å²) in [5, 5.41) is 2.95. The van der Waals surface area contributed by atoms with Gasteiger partial charge in [0.15, 0.2) is 0 Å². The highest BCUT2D eigenvalue weighted by Crippen LogP contribution is 2.18. The lowest BCUT2D eigenvalue weighted by Crippen LogP contribution is -2.31. The molecule has 1 aliphatic rings. The van der Waals surface area contributed by atoms with Gasteiger partial charge in [0.2, 0.25) is 5.95 Å². The van der Waals surface area contributed by atoms with E-state index in [4.69, 9.17) is 0 Å². The predicted octanol–water partition coefficient (Wildman–Crippen LogP) is 3.34. The maximum absolute atomic E-state index is 12.5. The number of amides is 1. The van der Waals surface area contributed by atoms with Gasteiger partial charge in [-0.2, -0.15) is 0 Å². The zero-order valence-electron chi connectivity index (χ0n) is 13.7. The molecule has 2 aromatic rings. The van der Waals surface area contributed by atoms with Crippen LogP contribution in [0, 0.1) is 13.8 Å². The molecule has 1 aromatic carbocycles. The second-order valence-corrected chi connectivity index (χ2v) is 6.06. The van der Waals surface area contributed by atoms with Crippen LogP contribution in [-0.2, 0) is 0 Å². The Balaban J connectivity index is 1.78. The second kappa shape index (κ2) is 6.77. The summed E-state index contributed by atoms with van der Waals surface area (Å²) in [5.74, 6) is 0.456. The molecular formula is C18H22N4O. The molecule has 1 fully saturated rings. The number of aromatic nitrogens is 2. The number of hydrogen-bond acceptors (Lipinski definition) is 4. The first-order valence-electron chi connectivity index (χ1n) is 8.10. The normalized spacial score (nSPS) is 14.6. The molecule has 1 amide bonds. The van der Waals surface area contributed by atoms with Gasteiger partial charge in [0.25, 0.3) is 5.91 Å². The van der Waals surface area contributed by atoms with E-state index in [1.165, 1.54) is 6.42 Å². The van der Waals surface area contributed by atoms with Crippen LogP contribution in [0.5, 0.6) is 0 Å². The molecule has 0 aliphatic carbocycles. The molecule has 0 bridgehead atoms. The molecule has 0 unspecified atom stereocenters. The standard InChI is InChI=1S/C18H22N4O/c1-13-6-7-14(2)16(12-13)20-17(23)15-8-9-19-18(21-15)22-10-4-3-5-11-22/h6-9,12H,3-5,10-11H2,1-2H3,(H,20,23). The molecular weight excluding hydrogens is 288 g/mol. The lowest BCUT2D eigenvalue weighted by molar-refractivity contribution is 0.102. The monoisotopic (exact) mass is 310 g/mol. The molecule has 2 heterocycles.